The topological polar surface area (TPSA) is 78.9 Å². The molecule has 0 fully saturated rings. The number of H-pyrrole nitrogens is 1. The van der Waals surface area contributed by atoms with Gasteiger partial charge in [0.25, 0.3) is 0 Å². The predicted molar refractivity (Wildman–Crippen MR) is 53.5 cm³/mol. The number of carboxylic acids is 1. The summed E-state index contributed by atoms with van der Waals surface area (Å²) in [5, 5.41) is 18.6. The first-order chi connectivity index (χ1) is 7.18. The second-order valence-electron chi connectivity index (χ2n) is 3.19. The minimum atomic E-state index is -1.08. The number of nitrogens with zero attached hydrogens (tertiary/aromatic N) is 2. The number of rotatable bonds is 2. The Bertz CT molecular complexity index is 488. The lowest BCUT2D eigenvalue weighted by Crippen LogP contribution is -1.99. The van der Waals surface area contributed by atoms with E-state index in [9.17, 15) is 4.79 Å². The van der Waals surface area contributed by atoms with E-state index in [2.05, 4.69) is 15.4 Å². The molecule has 0 spiro atoms. The molecule has 0 amide bonds. The Hall–Kier alpha value is -2.17. The molecule has 0 saturated carbocycles. The summed E-state index contributed by atoms with van der Waals surface area (Å²) in [6.45, 7) is 1.96. The van der Waals surface area contributed by atoms with Crippen molar-refractivity contribution in [3.8, 4) is 11.3 Å². The van der Waals surface area contributed by atoms with E-state index in [1.807, 2.05) is 31.2 Å². The summed E-state index contributed by atoms with van der Waals surface area (Å²) < 4.78 is 0. The van der Waals surface area contributed by atoms with Gasteiger partial charge in [-0.15, -0.1) is 5.10 Å². The summed E-state index contributed by atoms with van der Waals surface area (Å²) in [6, 6.07) is 7.44. The molecule has 0 saturated heterocycles. The molecule has 0 aliphatic rings. The molecule has 5 heteroatoms. The summed E-state index contributed by atoms with van der Waals surface area (Å²) in [5.41, 5.74) is 2.16. The zero-order chi connectivity index (χ0) is 10.8. The Morgan fingerprint density at radius 3 is 2.53 bits per heavy atom. The molecule has 76 valence electrons. The molecule has 0 atom stereocenters. The number of aromatic nitrogens is 3. The molecule has 0 radical (unpaired) electrons. The standard InChI is InChI=1S/C10H9N3O2/c1-6-2-4-7(5-3-6)8-9(10(14)15)12-13-11-8/h2-5H,1H3,(H,14,15)(H,11,12,13). The van der Waals surface area contributed by atoms with Crippen LogP contribution in [0.25, 0.3) is 11.3 Å². The van der Waals surface area contributed by atoms with Gasteiger partial charge in [-0.2, -0.15) is 10.3 Å². The van der Waals surface area contributed by atoms with Crippen molar-refractivity contribution < 1.29 is 9.90 Å². The highest BCUT2D eigenvalue weighted by molar-refractivity contribution is 5.92. The second-order valence-corrected chi connectivity index (χ2v) is 3.19. The van der Waals surface area contributed by atoms with Gasteiger partial charge in [-0.25, -0.2) is 4.79 Å². The van der Waals surface area contributed by atoms with Crippen LogP contribution in [0.15, 0.2) is 24.3 Å². The van der Waals surface area contributed by atoms with Crippen LogP contribution >= 0.6 is 0 Å². The Morgan fingerprint density at radius 2 is 1.93 bits per heavy atom. The maximum atomic E-state index is 10.8. The minimum absolute atomic E-state index is 0.0566. The predicted octanol–water partition coefficient (Wildman–Crippen LogP) is 1.48. The van der Waals surface area contributed by atoms with Crippen LogP contribution in [-0.4, -0.2) is 26.5 Å². The van der Waals surface area contributed by atoms with Crippen LogP contribution < -0.4 is 0 Å². The number of benzene rings is 1. The number of carbonyl (C=O) groups is 1. The van der Waals surface area contributed by atoms with Gasteiger partial charge in [0.05, 0.1) is 0 Å². The van der Waals surface area contributed by atoms with Crippen LogP contribution in [0, 0.1) is 6.92 Å². The third-order valence-corrected chi connectivity index (χ3v) is 2.08. The van der Waals surface area contributed by atoms with Crippen LogP contribution in [0.3, 0.4) is 0 Å². The van der Waals surface area contributed by atoms with Crippen LogP contribution in [0.4, 0.5) is 0 Å². The van der Waals surface area contributed by atoms with Crippen molar-refractivity contribution in [2.75, 3.05) is 0 Å². The first-order valence-corrected chi connectivity index (χ1v) is 4.39. The highest BCUT2D eigenvalue weighted by Gasteiger charge is 2.16. The first kappa shape index (κ1) is 9.39. The average molecular weight is 203 g/mol. The largest absolute Gasteiger partial charge is 0.476 e. The molecule has 1 aromatic carbocycles. The van der Waals surface area contributed by atoms with Crippen molar-refractivity contribution in [1.29, 1.82) is 0 Å². The molecule has 1 aromatic heterocycles. The molecule has 15 heavy (non-hydrogen) atoms. The Morgan fingerprint density at radius 1 is 1.27 bits per heavy atom. The smallest absolute Gasteiger partial charge is 0.358 e. The van der Waals surface area contributed by atoms with Crippen molar-refractivity contribution >= 4 is 5.97 Å². The fraction of sp³-hybridized carbons (Fsp3) is 0.100. The van der Waals surface area contributed by atoms with Gasteiger partial charge in [-0.1, -0.05) is 29.8 Å². The van der Waals surface area contributed by atoms with E-state index in [1.54, 1.807) is 0 Å². The summed E-state index contributed by atoms with van der Waals surface area (Å²) in [5.74, 6) is -1.08. The van der Waals surface area contributed by atoms with E-state index in [0.717, 1.165) is 11.1 Å². The molecule has 2 rings (SSSR count). The lowest BCUT2D eigenvalue weighted by Gasteiger charge is -1.97. The van der Waals surface area contributed by atoms with Crippen molar-refractivity contribution in [1.82, 2.24) is 15.4 Å². The van der Waals surface area contributed by atoms with Gasteiger partial charge in [0.1, 0.15) is 5.69 Å². The maximum Gasteiger partial charge on any atom is 0.358 e. The van der Waals surface area contributed by atoms with Gasteiger partial charge in [0.2, 0.25) is 0 Å². The van der Waals surface area contributed by atoms with Crippen molar-refractivity contribution in [3.05, 3.63) is 35.5 Å². The van der Waals surface area contributed by atoms with Crippen molar-refractivity contribution in [2.24, 2.45) is 0 Å². The number of carboxylic acid groups (broad SMARTS) is 1. The average Bonchev–Trinajstić information content (AvgIpc) is 2.67. The van der Waals surface area contributed by atoms with E-state index in [0.29, 0.717) is 5.69 Å². The molecular formula is C10H9N3O2. The molecule has 0 bridgehead atoms. The van der Waals surface area contributed by atoms with Crippen molar-refractivity contribution in [3.63, 3.8) is 0 Å². The molecule has 5 nitrogen and oxygen atoms in total. The maximum absolute atomic E-state index is 10.8. The zero-order valence-electron chi connectivity index (χ0n) is 8.06. The molecule has 2 aromatic rings. The number of aromatic amines is 1. The Balaban J connectivity index is 2.49. The number of nitrogens with one attached hydrogen (secondary N) is 1. The van der Waals surface area contributed by atoms with Gasteiger partial charge in [0.15, 0.2) is 5.69 Å². The van der Waals surface area contributed by atoms with E-state index in [-0.39, 0.29) is 5.69 Å². The van der Waals surface area contributed by atoms with Gasteiger partial charge in [0, 0.05) is 5.56 Å². The zero-order valence-corrected chi connectivity index (χ0v) is 8.06. The van der Waals surface area contributed by atoms with Crippen LogP contribution in [0.1, 0.15) is 16.1 Å². The monoisotopic (exact) mass is 203 g/mol. The van der Waals surface area contributed by atoms with E-state index >= 15 is 0 Å². The quantitative estimate of drug-likeness (QED) is 0.774. The minimum Gasteiger partial charge on any atom is -0.476 e. The second kappa shape index (κ2) is 3.53. The number of hydrogen-bond donors (Lipinski definition) is 2. The summed E-state index contributed by atoms with van der Waals surface area (Å²) in [7, 11) is 0. The molecule has 0 aliphatic carbocycles. The van der Waals surface area contributed by atoms with Gasteiger partial charge >= 0.3 is 5.97 Å². The van der Waals surface area contributed by atoms with Crippen LogP contribution in [0.5, 0.6) is 0 Å². The lowest BCUT2D eigenvalue weighted by atomic mass is 10.1. The molecule has 1 heterocycles. The lowest BCUT2D eigenvalue weighted by molar-refractivity contribution is 0.0691. The third kappa shape index (κ3) is 1.71. The molecule has 0 aliphatic heterocycles. The molecule has 0 unspecified atom stereocenters. The SMILES string of the molecule is Cc1ccc(-c2n[nH]nc2C(=O)O)cc1. The van der Waals surface area contributed by atoms with E-state index < -0.39 is 5.97 Å². The van der Waals surface area contributed by atoms with Gasteiger partial charge < -0.3 is 5.11 Å². The Kier molecular flexibility index (Phi) is 2.21. The van der Waals surface area contributed by atoms with E-state index in [4.69, 9.17) is 5.11 Å². The molecular weight excluding hydrogens is 194 g/mol. The van der Waals surface area contributed by atoms with Gasteiger partial charge in [-0.3, -0.25) is 0 Å². The fourth-order valence-electron chi connectivity index (χ4n) is 1.29. The van der Waals surface area contributed by atoms with E-state index in [1.165, 1.54) is 0 Å². The normalized spacial score (nSPS) is 10.2. The molecule has 2 N–H and O–H groups in total. The number of hydrogen-bond acceptors (Lipinski definition) is 3. The fourth-order valence-corrected chi connectivity index (χ4v) is 1.29. The van der Waals surface area contributed by atoms with Crippen LogP contribution in [0.2, 0.25) is 0 Å². The van der Waals surface area contributed by atoms with Gasteiger partial charge in [-0.05, 0) is 6.92 Å². The highest BCUT2D eigenvalue weighted by Crippen LogP contribution is 2.19. The highest BCUT2D eigenvalue weighted by atomic mass is 16.4. The third-order valence-electron chi connectivity index (χ3n) is 2.08. The summed E-state index contributed by atoms with van der Waals surface area (Å²) in [4.78, 5) is 10.8. The number of aromatic carboxylic acids is 1. The first-order valence-electron chi connectivity index (χ1n) is 4.39. The summed E-state index contributed by atoms with van der Waals surface area (Å²) in [6.07, 6.45) is 0. The van der Waals surface area contributed by atoms with Crippen molar-refractivity contribution in [2.45, 2.75) is 6.92 Å². The Labute approximate surface area is 85.8 Å². The number of aryl methyl sites for hydroxylation is 1. The summed E-state index contributed by atoms with van der Waals surface area (Å²) >= 11 is 0. The van der Waals surface area contributed by atoms with Crippen LogP contribution in [-0.2, 0) is 0 Å².